The Labute approximate surface area is 204 Å². The number of aliphatic imine (C=N–C) groups is 1. The topological polar surface area (TPSA) is 112 Å². The molecular formula is C24H25F3N4O5. The Hall–Kier alpha value is -3.83. The molecule has 12 heteroatoms. The number of hydrogen-bond acceptors (Lipinski definition) is 7. The molecule has 1 aromatic rings. The van der Waals surface area contributed by atoms with E-state index in [9.17, 15) is 28.3 Å². The summed E-state index contributed by atoms with van der Waals surface area (Å²) >= 11 is 0. The van der Waals surface area contributed by atoms with Crippen molar-refractivity contribution in [3.05, 3.63) is 53.2 Å². The first kappa shape index (κ1) is 25.3. The van der Waals surface area contributed by atoms with Crippen LogP contribution in [0.2, 0.25) is 0 Å². The normalized spacial score (nSPS) is 22.2. The number of carbonyl (C=O) groups excluding carboxylic acids is 2. The number of benzene rings is 1. The summed E-state index contributed by atoms with van der Waals surface area (Å²) in [5.41, 5.74) is -1.40. The van der Waals surface area contributed by atoms with Crippen molar-refractivity contribution in [3.8, 4) is 0 Å². The molecule has 4 rings (SSSR count). The number of amidine groups is 1. The lowest BCUT2D eigenvalue weighted by molar-refractivity contribution is -0.145. The van der Waals surface area contributed by atoms with Crippen LogP contribution >= 0.6 is 0 Å². The van der Waals surface area contributed by atoms with Crippen LogP contribution < -0.4 is 5.32 Å². The van der Waals surface area contributed by atoms with Gasteiger partial charge in [-0.2, -0.15) is 0 Å². The van der Waals surface area contributed by atoms with Crippen LogP contribution in [0.3, 0.4) is 0 Å². The molecule has 1 fully saturated rings. The first-order valence-corrected chi connectivity index (χ1v) is 11.3. The number of ketones is 1. The molecule has 0 radical (unpaired) electrons. The number of carboxylic acid groups (broad SMARTS) is 1. The van der Waals surface area contributed by atoms with Crippen molar-refractivity contribution in [2.24, 2.45) is 10.9 Å². The molecule has 2 N–H and O–H groups in total. The highest BCUT2D eigenvalue weighted by Crippen LogP contribution is 2.36. The van der Waals surface area contributed by atoms with Gasteiger partial charge in [0.2, 0.25) is 0 Å². The first-order chi connectivity index (χ1) is 16.8. The number of halogens is 3. The van der Waals surface area contributed by atoms with Crippen LogP contribution in [0.4, 0.5) is 18.0 Å². The summed E-state index contributed by atoms with van der Waals surface area (Å²) < 4.78 is 48.6. The van der Waals surface area contributed by atoms with Gasteiger partial charge in [-0.3, -0.25) is 9.59 Å². The van der Waals surface area contributed by atoms with Crippen molar-refractivity contribution in [3.63, 3.8) is 0 Å². The van der Waals surface area contributed by atoms with Crippen molar-refractivity contribution >= 4 is 29.3 Å². The van der Waals surface area contributed by atoms with Crippen molar-refractivity contribution in [1.82, 2.24) is 15.1 Å². The highest BCUT2D eigenvalue weighted by Gasteiger charge is 2.42. The SMILES string of the molecule is CC(C)(C)OC(=O)NC1CCN(C2=NC3=C(c4ccc(F)cc4F)C(=O)C(C(=O)O)CN3C=C2F)C1. The van der Waals surface area contributed by atoms with E-state index >= 15 is 4.39 Å². The molecule has 9 nitrogen and oxygen atoms in total. The number of carboxylic acids is 1. The van der Waals surface area contributed by atoms with Crippen LogP contribution in [-0.2, 0) is 14.3 Å². The van der Waals surface area contributed by atoms with Crippen molar-refractivity contribution in [2.45, 2.75) is 38.8 Å². The largest absolute Gasteiger partial charge is 0.481 e. The van der Waals surface area contributed by atoms with Gasteiger partial charge in [0, 0.05) is 37.5 Å². The molecule has 0 aliphatic carbocycles. The van der Waals surface area contributed by atoms with Gasteiger partial charge in [-0.15, -0.1) is 0 Å². The second-order valence-electron chi connectivity index (χ2n) is 9.72. The van der Waals surface area contributed by atoms with Crippen LogP contribution in [0.25, 0.3) is 5.57 Å². The number of carbonyl (C=O) groups is 3. The molecule has 1 aromatic carbocycles. The molecule has 0 spiro atoms. The van der Waals surface area contributed by atoms with Crippen molar-refractivity contribution in [2.75, 3.05) is 19.6 Å². The number of nitrogens with zero attached hydrogens (tertiary/aromatic N) is 3. The van der Waals surface area contributed by atoms with E-state index in [4.69, 9.17) is 4.74 Å². The predicted octanol–water partition coefficient (Wildman–Crippen LogP) is 3.04. The fraction of sp³-hybridized carbons (Fsp3) is 0.417. The maximum Gasteiger partial charge on any atom is 0.407 e. The average Bonchev–Trinajstić information content (AvgIpc) is 3.20. The summed E-state index contributed by atoms with van der Waals surface area (Å²) in [6.45, 7) is 5.30. The maximum atomic E-state index is 15.1. The van der Waals surface area contributed by atoms with E-state index < -0.39 is 53.4 Å². The molecule has 0 aromatic heterocycles. The van der Waals surface area contributed by atoms with Gasteiger partial charge in [-0.1, -0.05) is 0 Å². The summed E-state index contributed by atoms with van der Waals surface area (Å²) in [6, 6.07) is 2.17. The minimum absolute atomic E-state index is 0.136. The van der Waals surface area contributed by atoms with Crippen LogP contribution in [-0.4, -0.2) is 69.9 Å². The third-order valence-electron chi connectivity index (χ3n) is 5.84. The number of allylic oxidation sites excluding steroid dienone is 1. The van der Waals surface area contributed by atoms with Gasteiger partial charge in [-0.05, 0) is 39.3 Å². The summed E-state index contributed by atoms with van der Waals surface area (Å²) in [5, 5.41) is 12.2. The number of Topliss-reactive ketones (excluding diaryl/α,β-unsaturated/α-hetero) is 1. The van der Waals surface area contributed by atoms with Crippen LogP contribution in [0.15, 0.2) is 41.0 Å². The summed E-state index contributed by atoms with van der Waals surface area (Å²) in [4.78, 5) is 43.9. The lowest BCUT2D eigenvalue weighted by Crippen LogP contribution is -2.44. The molecule has 192 valence electrons. The summed E-state index contributed by atoms with van der Waals surface area (Å²) in [7, 11) is 0. The highest BCUT2D eigenvalue weighted by molar-refractivity contribution is 6.28. The number of alkyl carbamates (subject to hydrolysis) is 1. The van der Waals surface area contributed by atoms with Gasteiger partial charge in [0.15, 0.2) is 17.4 Å². The van der Waals surface area contributed by atoms with Gasteiger partial charge >= 0.3 is 12.1 Å². The van der Waals surface area contributed by atoms with Crippen LogP contribution in [0, 0.1) is 17.6 Å². The lowest BCUT2D eigenvalue weighted by Gasteiger charge is -2.35. The Morgan fingerprint density at radius 2 is 1.92 bits per heavy atom. The van der Waals surface area contributed by atoms with E-state index in [1.165, 1.54) is 0 Å². The molecular weight excluding hydrogens is 481 g/mol. The zero-order valence-electron chi connectivity index (χ0n) is 19.8. The molecule has 2 unspecified atom stereocenters. The Kier molecular flexibility index (Phi) is 6.54. The second kappa shape index (κ2) is 9.32. The molecule has 36 heavy (non-hydrogen) atoms. The van der Waals surface area contributed by atoms with E-state index in [1.807, 2.05) is 0 Å². The number of rotatable bonds is 3. The Morgan fingerprint density at radius 1 is 1.19 bits per heavy atom. The Bertz CT molecular complexity index is 1220. The van der Waals surface area contributed by atoms with Crippen molar-refractivity contribution < 1.29 is 37.4 Å². The number of nitrogens with one attached hydrogen (secondary N) is 1. The summed E-state index contributed by atoms with van der Waals surface area (Å²) in [5.74, 6) is -6.98. The number of ether oxygens (including phenoxy) is 1. The minimum atomic E-state index is -1.59. The van der Waals surface area contributed by atoms with Gasteiger partial charge in [0.05, 0.1) is 11.6 Å². The number of likely N-dealkylation sites (tertiary alicyclic amines) is 1. The molecule has 2 atom stereocenters. The number of amides is 1. The lowest BCUT2D eigenvalue weighted by atomic mass is 9.88. The van der Waals surface area contributed by atoms with E-state index in [2.05, 4.69) is 10.3 Å². The Morgan fingerprint density at radius 3 is 2.56 bits per heavy atom. The predicted molar refractivity (Wildman–Crippen MR) is 122 cm³/mol. The van der Waals surface area contributed by atoms with Gasteiger partial charge in [0.1, 0.15) is 29.0 Å². The molecule has 1 saturated heterocycles. The molecule has 1 amide bonds. The van der Waals surface area contributed by atoms with Gasteiger partial charge in [0.25, 0.3) is 0 Å². The summed E-state index contributed by atoms with van der Waals surface area (Å²) in [6.07, 6.45) is 0.862. The highest BCUT2D eigenvalue weighted by atomic mass is 19.1. The van der Waals surface area contributed by atoms with E-state index in [-0.39, 0.29) is 35.4 Å². The first-order valence-electron chi connectivity index (χ1n) is 11.3. The minimum Gasteiger partial charge on any atom is -0.481 e. The van der Waals surface area contributed by atoms with Crippen LogP contribution in [0.1, 0.15) is 32.8 Å². The maximum absolute atomic E-state index is 15.1. The number of fused-ring (bicyclic) bond motifs is 1. The third-order valence-corrected chi connectivity index (χ3v) is 5.84. The third kappa shape index (κ3) is 5.07. The van der Waals surface area contributed by atoms with E-state index in [1.54, 1.807) is 25.7 Å². The smallest absolute Gasteiger partial charge is 0.407 e. The number of aliphatic carboxylic acids is 1. The van der Waals surface area contributed by atoms with E-state index in [0.29, 0.717) is 19.0 Å². The fourth-order valence-corrected chi connectivity index (χ4v) is 4.28. The van der Waals surface area contributed by atoms with Gasteiger partial charge in [-0.25, -0.2) is 23.0 Å². The molecule has 3 heterocycles. The molecule has 0 saturated carbocycles. The monoisotopic (exact) mass is 506 g/mol. The van der Waals surface area contributed by atoms with Gasteiger partial charge < -0.3 is 25.0 Å². The van der Waals surface area contributed by atoms with Crippen molar-refractivity contribution in [1.29, 1.82) is 0 Å². The molecule has 3 aliphatic rings. The molecule has 3 aliphatic heterocycles. The zero-order valence-corrected chi connectivity index (χ0v) is 19.8. The van der Waals surface area contributed by atoms with E-state index in [0.717, 1.165) is 23.2 Å². The Balaban J connectivity index is 1.68. The quantitative estimate of drug-likeness (QED) is 0.607. The average molecular weight is 506 g/mol. The fourth-order valence-electron chi connectivity index (χ4n) is 4.28. The zero-order chi connectivity index (χ0) is 26.4. The standard InChI is InChI=1S/C24H25F3N4O5/c1-24(2,3)36-23(35)28-13-6-7-30(9-13)20-17(27)11-31-10-15(22(33)34)19(32)18(21(31)29-20)14-5-4-12(25)8-16(14)26/h4-5,8,11,13,15H,6-7,9-10H2,1-3H3,(H,28,35)(H,33,34). The number of hydrogen-bond donors (Lipinski definition) is 2. The molecule has 0 bridgehead atoms. The second-order valence-corrected chi connectivity index (χ2v) is 9.72. The van der Waals surface area contributed by atoms with Crippen LogP contribution in [0.5, 0.6) is 0 Å².